The van der Waals surface area contributed by atoms with E-state index in [4.69, 9.17) is 10.3 Å². The molecule has 16 heavy (non-hydrogen) atoms. The monoisotopic (exact) mass is 224 g/mol. The standard InChI is InChI=1S/C10H12N2O4/c1-8-3-4-9(2,16-8)10(12-11)5(8)6(13)15-7(10)14/h5,11H,3-4H2,1-2H3/t5?,8?,9?,10-/m1/s1. The van der Waals surface area contributed by atoms with Crippen molar-refractivity contribution in [2.24, 2.45) is 11.0 Å². The molecule has 0 aliphatic carbocycles. The summed E-state index contributed by atoms with van der Waals surface area (Å²) in [5, 5.41) is 3.44. The molecule has 3 saturated heterocycles. The number of hydrogen-bond donors (Lipinski definition) is 1. The van der Waals surface area contributed by atoms with E-state index in [0.717, 1.165) is 0 Å². The highest BCUT2D eigenvalue weighted by Crippen LogP contribution is 2.63. The lowest BCUT2D eigenvalue weighted by atomic mass is 9.64. The van der Waals surface area contributed by atoms with Crippen molar-refractivity contribution in [3.63, 3.8) is 0 Å². The third-order valence-electron chi connectivity index (χ3n) is 4.31. The molecule has 0 aromatic rings. The Kier molecular flexibility index (Phi) is 1.45. The molecule has 3 fully saturated rings. The molecule has 3 aliphatic heterocycles. The number of ether oxygens (including phenoxy) is 2. The first-order valence-electron chi connectivity index (χ1n) is 5.25. The summed E-state index contributed by atoms with van der Waals surface area (Å²) in [6, 6.07) is 0. The lowest BCUT2D eigenvalue weighted by Crippen LogP contribution is -2.56. The average molecular weight is 224 g/mol. The van der Waals surface area contributed by atoms with Crippen molar-refractivity contribution in [3.8, 4) is 0 Å². The van der Waals surface area contributed by atoms with Gasteiger partial charge >= 0.3 is 11.9 Å². The van der Waals surface area contributed by atoms with E-state index in [9.17, 15) is 9.59 Å². The van der Waals surface area contributed by atoms with Gasteiger partial charge in [0.2, 0.25) is 5.54 Å². The Balaban J connectivity index is 2.27. The molecule has 6 heteroatoms. The summed E-state index contributed by atoms with van der Waals surface area (Å²) in [5.41, 5.74) is 4.25. The van der Waals surface area contributed by atoms with Crippen LogP contribution in [0.4, 0.5) is 0 Å². The lowest BCUT2D eigenvalue weighted by molar-refractivity contribution is -0.162. The van der Waals surface area contributed by atoms with Gasteiger partial charge < -0.3 is 9.47 Å². The van der Waals surface area contributed by atoms with Crippen LogP contribution in [-0.4, -0.2) is 28.7 Å². The van der Waals surface area contributed by atoms with Gasteiger partial charge in [-0.25, -0.2) is 10.3 Å². The van der Waals surface area contributed by atoms with Gasteiger partial charge in [0.1, 0.15) is 11.5 Å². The molecule has 0 radical (unpaired) electrons. The van der Waals surface area contributed by atoms with Gasteiger partial charge in [-0.2, -0.15) is 5.11 Å². The third-order valence-corrected chi connectivity index (χ3v) is 4.31. The second-order valence-electron chi connectivity index (χ2n) is 5.17. The van der Waals surface area contributed by atoms with Crippen LogP contribution in [0.3, 0.4) is 0 Å². The van der Waals surface area contributed by atoms with Crippen LogP contribution < -0.4 is 0 Å². The Morgan fingerprint density at radius 3 is 2.62 bits per heavy atom. The molecule has 0 amide bonds. The Morgan fingerprint density at radius 1 is 1.38 bits per heavy atom. The first-order valence-corrected chi connectivity index (χ1v) is 5.25. The molecular formula is C10H12N2O4. The maximum atomic E-state index is 11.8. The van der Waals surface area contributed by atoms with Crippen LogP contribution >= 0.6 is 0 Å². The van der Waals surface area contributed by atoms with E-state index < -0.39 is 34.6 Å². The van der Waals surface area contributed by atoms with Gasteiger partial charge in [0.25, 0.3) is 0 Å². The summed E-state index contributed by atoms with van der Waals surface area (Å²) in [6.07, 6.45) is 1.30. The van der Waals surface area contributed by atoms with Crippen molar-refractivity contribution in [2.45, 2.75) is 43.4 Å². The maximum absolute atomic E-state index is 11.8. The molecule has 0 aromatic heterocycles. The van der Waals surface area contributed by atoms with Crippen molar-refractivity contribution >= 4 is 11.9 Å². The number of fused-ring (bicyclic) bond motifs is 5. The maximum Gasteiger partial charge on any atom is 0.347 e. The number of hydrogen-bond acceptors (Lipinski definition) is 6. The van der Waals surface area contributed by atoms with E-state index in [0.29, 0.717) is 12.8 Å². The fourth-order valence-electron chi connectivity index (χ4n) is 3.53. The summed E-state index contributed by atoms with van der Waals surface area (Å²) in [5.74, 6) is -2.10. The molecule has 3 unspecified atom stereocenters. The van der Waals surface area contributed by atoms with Crippen LogP contribution in [0, 0.1) is 11.4 Å². The van der Waals surface area contributed by atoms with Crippen LogP contribution in [0.15, 0.2) is 5.11 Å². The molecule has 4 atom stereocenters. The van der Waals surface area contributed by atoms with Crippen molar-refractivity contribution in [1.29, 1.82) is 5.53 Å². The van der Waals surface area contributed by atoms with Gasteiger partial charge in [-0.3, -0.25) is 4.79 Å². The average Bonchev–Trinajstić information content (AvgIpc) is 2.71. The first kappa shape index (κ1) is 9.89. The highest BCUT2D eigenvalue weighted by atomic mass is 16.6. The van der Waals surface area contributed by atoms with Crippen LogP contribution in [-0.2, 0) is 19.1 Å². The summed E-state index contributed by atoms with van der Waals surface area (Å²) in [6.45, 7) is 3.52. The second-order valence-corrected chi connectivity index (χ2v) is 5.17. The van der Waals surface area contributed by atoms with E-state index >= 15 is 0 Å². The van der Waals surface area contributed by atoms with E-state index in [1.165, 1.54) is 0 Å². The predicted octanol–water partition coefficient (Wildman–Crippen LogP) is 0.797. The SMILES string of the molecule is CC12CCC(C)(O1)[C@]1(N=N)C(=O)OC(=O)C21. The number of nitrogens with one attached hydrogen (secondary N) is 1. The summed E-state index contributed by atoms with van der Waals surface area (Å²) < 4.78 is 10.5. The quantitative estimate of drug-likeness (QED) is 0.405. The van der Waals surface area contributed by atoms with E-state index in [1.54, 1.807) is 13.8 Å². The van der Waals surface area contributed by atoms with Gasteiger partial charge in [-0.05, 0) is 26.7 Å². The zero-order chi connectivity index (χ0) is 11.8. The molecule has 3 rings (SSSR count). The molecule has 6 nitrogen and oxygen atoms in total. The van der Waals surface area contributed by atoms with Crippen LogP contribution in [0.5, 0.6) is 0 Å². The first-order chi connectivity index (χ1) is 7.40. The van der Waals surface area contributed by atoms with Crippen LogP contribution in [0.1, 0.15) is 26.7 Å². The van der Waals surface area contributed by atoms with Gasteiger partial charge in [0, 0.05) is 0 Å². The topological polar surface area (TPSA) is 88.8 Å². The molecule has 86 valence electrons. The Morgan fingerprint density at radius 2 is 2.06 bits per heavy atom. The Labute approximate surface area is 91.8 Å². The van der Waals surface area contributed by atoms with Crippen molar-refractivity contribution in [1.82, 2.24) is 0 Å². The van der Waals surface area contributed by atoms with Gasteiger partial charge in [0.15, 0.2) is 0 Å². The van der Waals surface area contributed by atoms with Crippen molar-refractivity contribution in [3.05, 3.63) is 0 Å². The lowest BCUT2D eigenvalue weighted by Gasteiger charge is -2.34. The minimum atomic E-state index is -1.45. The largest absolute Gasteiger partial charge is 0.391 e. The molecule has 1 N–H and O–H groups in total. The summed E-state index contributed by atoms with van der Waals surface area (Å²) in [7, 11) is 0. The third kappa shape index (κ3) is 0.704. The number of esters is 2. The second kappa shape index (κ2) is 2.34. The number of nitrogens with zero attached hydrogens (tertiary/aromatic N) is 1. The molecular weight excluding hydrogens is 212 g/mol. The molecule has 3 heterocycles. The smallest absolute Gasteiger partial charge is 0.347 e. The Hall–Kier alpha value is -1.30. The van der Waals surface area contributed by atoms with E-state index in [-0.39, 0.29) is 0 Å². The number of rotatable bonds is 1. The van der Waals surface area contributed by atoms with E-state index in [1.807, 2.05) is 0 Å². The molecule has 2 bridgehead atoms. The van der Waals surface area contributed by atoms with Gasteiger partial charge in [-0.1, -0.05) is 0 Å². The van der Waals surface area contributed by atoms with Crippen LogP contribution in [0.25, 0.3) is 0 Å². The highest BCUT2D eigenvalue weighted by Gasteiger charge is 2.82. The molecule has 3 aliphatic rings. The fraction of sp³-hybridized carbons (Fsp3) is 0.800. The highest BCUT2D eigenvalue weighted by molar-refractivity contribution is 6.04. The Bertz CT molecular complexity index is 437. The molecule has 0 aromatic carbocycles. The summed E-state index contributed by atoms with van der Waals surface area (Å²) >= 11 is 0. The van der Waals surface area contributed by atoms with E-state index in [2.05, 4.69) is 9.85 Å². The molecule has 0 saturated carbocycles. The number of cyclic esters (lactones) is 2. The van der Waals surface area contributed by atoms with Crippen molar-refractivity contribution in [2.75, 3.05) is 0 Å². The van der Waals surface area contributed by atoms with Gasteiger partial charge in [-0.15, -0.1) is 0 Å². The minimum absolute atomic E-state index is 0.605. The van der Waals surface area contributed by atoms with Gasteiger partial charge in [0.05, 0.1) is 5.60 Å². The minimum Gasteiger partial charge on any atom is -0.391 e. The zero-order valence-electron chi connectivity index (χ0n) is 9.07. The normalized spacial score (nSPS) is 54.0. The number of carbonyl (C=O) groups excluding carboxylic acids is 2. The number of carbonyl (C=O) groups is 2. The molecule has 0 spiro atoms. The summed E-state index contributed by atoms with van der Waals surface area (Å²) in [4.78, 5) is 23.5. The predicted molar refractivity (Wildman–Crippen MR) is 49.6 cm³/mol. The fourth-order valence-corrected chi connectivity index (χ4v) is 3.53. The van der Waals surface area contributed by atoms with Crippen LogP contribution in [0.2, 0.25) is 0 Å². The van der Waals surface area contributed by atoms with Crippen molar-refractivity contribution < 1.29 is 19.1 Å². The zero-order valence-corrected chi connectivity index (χ0v) is 9.07.